The van der Waals surface area contributed by atoms with Gasteiger partial charge in [0.25, 0.3) is 11.1 Å². The first kappa shape index (κ1) is 11.7. The van der Waals surface area contributed by atoms with Crippen LogP contribution in [-0.4, -0.2) is 16.3 Å². The summed E-state index contributed by atoms with van der Waals surface area (Å²) in [5, 5.41) is 2.48. The molecular formula is C10H17N3O2. The fraction of sp³-hybridized carbons (Fsp3) is 0.600. The molecule has 0 aromatic carbocycles. The summed E-state index contributed by atoms with van der Waals surface area (Å²) in [5.74, 6) is 0. The van der Waals surface area contributed by atoms with E-state index in [9.17, 15) is 9.59 Å². The zero-order valence-corrected chi connectivity index (χ0v) is 9.12. The van der Waals surface area contributed by atoms with Gasteiger partial charge in [-0.05, 0) is 18.4 Å². The maximum atomic E-state index is 11.3. The van der Waals surface area contributed by atoms with Gasteiger partial charge in [-0.25, -0.2) is 0 Å². The van der Waals surface area contributed by atoms with Gasteiger partial charge in [-0.3, -0.25) is 19.4 Å². The summed E-state index contributed by atoms with van der Waals surface area (Å²) in [6.45, 7) is 5.09. The number of aryl methyl sites for hydroxylation is 1. The van der Waals surface area contributed by atoms with E-state index in [-0.39, 0.29) is 16.5 Å². The number of H-pyrrole nitrogens is 1. The molecule has 5 nitrogen and oxygen atoms in total. The van der Waals surface area contributed by atoms with Crippen molar-refractivity contribution in [3.8, 4) is 0 Å². The van der Waals surface area contributed by atoms with Gasteiger partial charge in [0, 0.05) is 18.7 Å². The zero-order valence-electron chi connectivity index (χ0n) is 9.12. The monoisotopic (exact) mass is 211 g/mol. The molecular weight excluding hydrogens is 194 g/mol. The van der Waals surface area contributed by atoms with Crippen LogP contribution in [-0.2, 0) is 6.54 Å². The standard InChI is InChI=1S/C10H17N3O2/c1-10(2,7-11)5-6-13-9(15)4-3-8(14)12-13/h3-4H,5-7,11H2,1-2H3,(H,12,14). The summed E-state index contributed by atoms with van der Waals surface area (Å²) < 4.78 is 1.32. The van der Waals surface area contributed by atoms with Gasteiger partial charge in [0.1, 0.15) is 0 Å². The van der Waals surface area contributed by atoms with Crippen molar-refractivity contribution in [2.75, 3.05) is 6.54 Å². The van der Waals surface area contributed by atoms with Crippen LogP contribution in [0.4, 0.5) is 0 Å². The molecule has 84 valence electrons. The minimum absolute atomic E-state index is 0.0217. The Morgan fingerprint density at radius 3 is 2.67 bits per heavy atom. The Bertz CT molecular complexity index is 431. The number of hydrogen-bond acceptors (Lipinski definition) is 3. The van der Waals surface area contributed by atoms with Crippen molar-refractivity contribution in [3.05, 3.63) is 32.8 Å². The molecule has 0 aliphatic rings. The highest BCUT2D eigenvalue weighted by Crippen LogP contribution is 2.17. The first-order valence-corrected chi connectivity index (χ1v) is 4.95. The third-order valence-corrected chi connectivity index (χ3v) is 2.45. The van der Waals surface area contributed by atoms with Crippen molar-refractivity contribution in [1.82, 2.24) is 9.78 Å². The molecule has 1 aromatic heterocycles. The predicted molar refractivity (Wildman–Crippen MR) is 58.8 cm³/mol. The fourth-order valence-electron chi connectivity index (χ4n) is 1.14. The van der Waals surface area contributed by atoms with E-state index >= 15 is 0 Å². The van der Waals surface area contributed by atoms with E-state index < -0.39 is 0 Å². The molecule has 1 aromatic rings. The van der Waals surface area contributed by atoms with Gasteiger partial charge in [0.05, 0.1) is 0 Å². The smallest absolute Gasteiger partial charge is 0.265 e. The van der Waals surface area contributed by atoms with E-state index in [2.05, 4.69) is 5.10 Å². The van der Waals surface area contributed by atoms with E-state index in [1.165, 1.54) is 16.8 Å². The number of hydrogen-bond donors (Lipinski definition) is 2. The van der Waals surface area contributed by atoms with Crippen molar-refractivity contribution >= 4 is 0 Å². The van der Waals surface area contributed by atoms with Crippen LogP contribution in [0, 0.1) is 5.41 Å². The second kappa shape index (κ2) is 4.44. The van der Waals surface area contributed by atoms with Gasteiger partial charge < -0.3 is 5.73 Å². The van der Waals surface area contributed by atoms with Crippen LogP contribution in [0.2, 0.25) is 0 Å². The zero-order chi connectivity index (χ0) is 11.5. The van der Waals surface area contributed by atoms with Crippen LogP contribution in [0.3, 0.4) is 0 Å². The lowest BCUT2D eigenvalue weighted by atomic mass is 9.90. The minimum atomic E-state index is -0.264. The van der Waals surface area contributed by atoms with Gasteiger partial charge in [0.2, 0.25) is 0 Å². The number of aromatic amines is 1. The number of nitrogens with one attached hydrogen (secondary N) is 1. The van der Waals surface area contributed by atoms with Gasteiger partial charge in [0.15, 0.2) is 0 Å². The summed E-state index contributed by atoms with van der Waals surface area (Å²) in [4.78, 5) is 22.3. The Balaban J connectivity index is 2.78. The maximum absolute atomic E-state index is 11.3. The van der Waals surface area contributed by atoms with E-state index in [1.54, 1.807) is 0 Å². The van der Waals surface area contributed by atoms with E-state index in [1.807, 2.05) is 13.8 Å². The third kappa shape index (κ3) is 3.36. The van der Waals surface area contributed by atoms with Crippen LogP contribution in [0.15, 0.2) is 21.7 Å². The molecule has 0 radical (unpaired) electrons. The van der Waals surface area contributed by atoms with Crippen LogP contribution in [0.1, 0.15) is 20.3 Å². The number of nitrogens with zero attached hydrogens (tertiary/aromatic N) is 1. The molecule has 0 unspecified atom stereocenters. The molecule has 5 heteroatoms. The number of nitrogens with two attached hydrogens (primary N) is 1. The second-order valence-corrected chi connectivity index (χ2v) is 4.42. The van der Waals surface area contributed by atoms with E-state index in [0.29, 0.717) is 13.1 Å². The Morgan fingerprint density at radius 1 is 1.40 bits per heavy atom. The summed E-state index contributed by atoms with van der Waals surface area (Å²) in [6, 6.07) is 2.50. The first-order chi connectivity index (χ1) is 6.94. The molecule has 0 aliphatic heterocycles. The summed E-state index contributed by atoms with van der Waals surface area (Å²) in [6.07, 6.45) is 0.753. The highest BCUT2D eigenvalue weighted by Gasteiger charge is 2.15. The second-order valence-electron chi connectivity index (χ2n) is 4.42. The Morgan fingerprint density at radius 2 is 2.07 bits per heavy atom. The fourth-order valence-corrected chi connectivity index (χ4v) is 1.14. The molecule has 0 saturated heterocycles. The largest absolute Gasteiger partial charge is 0.330 e. The van der Waals surface area contributed by atoms with Crippen molar-refractivity contribution in [2.24, 2.45) is 11.1 Å². The van der Waals surface area contributed by atoms with E-state index in [4.69, 9.17) is 5.73 Å². The van der Waals surface area contributed by atoms with Gasteiger partial charge in [-0.15, -0.1) is 0 Å². The third-order valence-electron chi connectivity index (χ3n) is 2.45. The molecule has 0 spiro atoms. The van der Waals surface area contributed by atoms with Crippen LogP contribution >= 0.6 is 0 Å². The average molecular weight is 211 g/mol. The highest BCUT2D eigenvalue weighted by atomic mass is 16.1. The Kier molecular flexibility index (Phi) is 3.47. The Labute approximate surface area is 87.9 Å². The summed E-state index contributed by atoms with van der Waals surface area (Å²) in [5.41, 5.74) is 5.10. The lowest BCUT2D eigenvalue weighted by molar-refractivity contribution is 0.312. The number of rotatable bonds is 4. The molecule has 3 N–H and O–H groups in total. The molecule has 0 bridgehead atoms. The van der Waals surface area contributed by atoms with Crippen LogP contribution in [0.5, 0.6) is 0 Å². The maximum Gasteiger partial charge on any atom is 0.265 e. The minimum Gasteiger partial charge on any atom is -0.330 e. The van der Waals surface area contributed by atoms with E-state index in [0.717, 1.165) is 6.42 Å². The lowest BCUT2D eigenvalue weighted by Gasteiger charge is -2.22. The predicted octanol–water partition coefficient (Wildman–Crippen LogP) is -0.0884. The molecule has 1 rings (SSSR count). The Hall–Kier alpha value is -1.36. The van der Waals surface area contributed by atoms with Crippen molar-refractivity contribution < 1.29 is 0 Å². The lowest BCUT2D eigenvalue weighted by Crippen LogP contribution is -2.31. The topological polar surface area (TPSA) is 80.9 Å². The molecule has 0 saturated carbocycles. The molecule has 0 aliphatic carbocycles. The summed E-state index contributed by atoms with van der Waals surface area (Å²) >= 11 is 0. The molecule has 0 fully saturated rings. The van der Waals surface area contributed by atoms with Gasteiger partial charge >= 0.3 is 0 Å². The SMILES string of the molecule is CC(C)(CN)CCn1[nH]c(=O)ccc1=O. The number of aromatic nitrogens is 2. The van der Waals surface area contributed by atoms with Crippen molar-refractivity contribution in [3.63, 3.8) is 0 Å². The molecule has 0 amide bonds. The highest BCUT2D eigenvalue weighted by molar-refractivity contribution is 4.86. The normalized spacial score (nSPS) is 11.7. The molecule has 0 atom stereocenters. The molecule has 15 heavy (non-hydrogen) atoms. The first-order valence-electron chi connectivity index (χ1n) is 4.95. The van der Waals surface area contributed by atoms with Crippen LogP contribution in [0.25, 0.3) is 0 Å². The van der Waals surface area contributed by atoms with Crippen molar-refractivity contribution in [2.45, 2.75) is 26.8 Å². The van der Waals surface area contributed by atoms with Gasteiger partial charge in [-0.1, -0.05) is 13.8 Å². The van der Waals surface area contributed by atoms with Crippen molar-refractivity contribution in [1.29, 1.82) is 0 Å². The average Bonchev–Trinajstić information content (AvgIpc) is 2.20. The van der Waals surface area contributed by atoms with Crippen LogP contribution < -0.4 is 16.9 Å². The molecule has 1 heterocycles. The summed E-state index contributed by atoms with van der Waals surface area (Å²) in [7, 11) is 0. The quantitative estimate of drug-likeness (QED) is 0.730. The van der Waals surface area contributed by atoms with Gasteiger partial charge in [-0.2, -0.15) is 0 Å².